The van der Waals surface area contributed by atoms with Crippen LogP contribution in [0, 0.1) is 0 Å². The highest BCUT2D eigenvalue weighted by atomic mass is 19.3. The Bertz CT molecular complexity index is 380. The summed E-state index contributed by atoms with van der Waals surface area (Å²) in [7, 11) is 0. The normalized spacial score (nSPS) is 12.5. The minimum Gasteiger partial charge on any atom is -0.464 e. The Kier molecular flexibility index (Phi) is 5.03. The van der Waals surface area contributed by atoms with Crippen LogP contribution < -0.4 is 0 Å². The predicted octanol–water partition coefficient (Wildman–Crippen LogP) is 2.09. The molecule has 1 aromatic carbocycles. The summed E-state index contributed by atoms with van der Waals surface area (Å²) < 4.78 is 29.0. The molecule has 0 fully saturated rings. The van der Waals surface area contributed by atoms with Crippen LogP contribution >= 0.6 is 0 Å². The lowest BCUT2D eigenvalue weighted by atomic mass is 10.0. The molecule has 0 aliphatic carbocycles. The number of hydrogen-bond acceptors (Lipinski definition) is 3. The minimum absolute atomic E-state index is 0.159. The Morgan fingerprint density at radius 3 is 2.76 bits per heavy atom. The number of benzene rings is 1. The van der Waals surface area contributed by atoms with E-state index in [-0.39, 0.29) is 12.2 Å². The van der Waals surface area contributed by atoms with Gasteiger partial charge in [0.25, 0.3) is 0 Å². The first-order valence-corrected chi connectivity index (χ1v) is 5.26. The van der Waals surface area contributed by atoms with Gasteiger partial charge in [0.1, 0.15) is 0 Å². The predicted molar refractivity (Wildman–Crippen MR) is 57.7 cm³/mol. The lowest BCUT2D eigenvalue weighted by Crippen LogP contribution is -2.15. The Morgan fingerprint density at radius 2 is 2.18 bits per heavy atom. The van der Waals surface area contributed by atoms with E-state index in [1.807, 2.05) is 0 Å². The summed E-state index contributed by atoms with van der Waals surface area (Å²) in [4.78, 5) is 11.3. The summed E-state index contributed by atoms with van der Waals surface area (Å²) in [5.74, 6) is -0.776. The third-order valence-electron chi connectivity index (χ3n) is 2.17. The summed E-state index contributed by atoms with van der Waals surface area (Å²) in [5.41, 5.74) is 0.641. The fourth-order valence-electron chi connectivity index (χ4n) is 1.43. The molecule has 0 radical (unpaired) electrons. The number of esters is 1. The van der Waals surface area contributed by atoms with Gasteiger partial charge in [-0.2, -0.15) is 0 Å². The second kappa shape index (κ2) is 6.30. The van der Waals surface area contributed by atoms with Crippen LogP contribution in [-0.4, -0.2) is 24.1 Å². The van der Waals surface area contributed by atoms with Crippen LogP contribution in [0.15, 0.2) is 24.3 Å². The van der Waals surface area contributed by atoms with Crippen LogP contribution in [-0.2, 0) is 16.0 Å². The molecule has 1 unspecified atom stereocenters. The third kappa shape index (κ3) is 4.11. The first kappa shape index (κ1) is 13.6. The monoisotopic (exact) mass is 244 g/mol. The summed E-state index contributed by atoms with van der Waals surface area (Å²) in [5, 5.41) is 9.62. The molecular formula is C12H14F2O3. The highest BCUT2D eigenvalue weighted by molar-refractivity contribution is 5.76. The van der Waals surface area contributed by atoms with E-state index in [4.69, 9.17) is 0 Å². The quantitative estimate of drug-likeness (QED) is 0.807. The van der Waals surface area contributed by atoms with E-state index in [1.54, 1.807) is 6.92 Å². The van der Waals surface area contributed by atoms with Gasteiger partial charge in [0.05, 0.1) is 6.61 Å². The zero-order chi connectivity index (χ0) is 12.8. The fraction of sp³-hybridized carbons (Fsp3) is 0.417. The van der Waals surface area contributed by atoms with Crippen LogP contribution in [0.3, 0.4) is 0 Å². The van der Waals surface area contributed by atoms with E-state index in [0.29, 0.717) is 5.56 Å². The highest BCUT2D eigenvalue weighted by Crippen LogP contribution is 2.17. The Morgan fingerprint density at radius 1 is 1.47 bits per heavy atom. The minimum atomic E-state index is -2.45. The van der Waals surface area contributed by atoms with Crippen LogP contribution in [0.5, 0.6) is 0 Å². The van der Waals surface area contributed by atoms with Gasteiger partial charge in [-0.15, -0.1) is 0 Å². The Labute approximate surface area is 98.0 Å². The topological polar surface area (TPSA) is 46.5 Å². The third-order valence-corrected chi connectivity index (χ3v) is 2.17. The Hall–Kier alpha value is -1.49. The fourth-order valence-corrected chi connectivity index (χ4v) is 1.43. The molecule has 94 valence electrons. The first-order chi connectivity index (χ1) is 8.04. The van der Waals surface area contributed by atoms with Crippen molar-refractivity contribution >= 4 is 5.97 Å². The van der Waals surface area contributed by atoms with Crippen molar-refractivity contribution in [1.29, 1.82) is 0 Å². The summed E-state index contributed by atoms with van der Waals surface area (Å²) in [6.07, 6.45) is -4.28. The number of ether oxygens (including phenoxy) is 1. The van der Waals surface area contributed by atoms with Crippen LogP contribution in [0.4, 0.5) is 8.78 Å². The molecule has 1 N–H and O–H groups in total. The lowest BCUT2D eigenvalue weighted by molar-refractivity contribution is -0.153. The van der Waals surface area contributed by atoms with E-state index in [1.165, 1.54) is 24.3 Å². The number of carbonyl (C=O) groups excluding carboxylic acids is 1. The van der Waals surface area contributed by atoms with Crippen molar-refractivity contribution in [3.8, 4) is 0 Å². The van der Waals surface area contributed by atoms with Crippen LogP contribution in [0.2, 0.25) is 0 Å². The molecule has 5 heteroatoms. The summed E-state index contributed by atoms with van der Waals surface area (Å²) >= 11 is 0. The van der Waals surface area contributed by atoms with Crippen molar-refractivity contribution in [3.05, 3.63) is 35.4 Å². The molecule has 0 bridgehead atoms. The molecule has 0 saturated carbocycles. The van der Waals surface area contributed by atoms with Gasteiger partial charge in [-0.25, -0.2) is 13.6 Å². The SMILES string of the molecule is CCOC(=O)C(O)c1cccc(CC(F)F)c1. The maximum Gasteiger partial charge on any atom is 0.339 e. The number of carbonyl (C=O) groups is 1. The molecule has 3 nitrogen and oxygen atoms in total. The molecule has 0 amide bonds. The van der Waals surface area contributed by atoms with Crippen molar-refractivity contribution in [2.24, 2.45) is 0 Å². The number of aliphatic hydroxyl groups is 1. The maximum atomic E-state index is 12.2. The molecular weight excluding hydrogens is 230 g/mol. The number of hydrogen-bond donors (Lipinski definition) is 1. The van der Waals surface area contributed by atoms with E-state index >= 15 is 0 Å². The zero-order valence-electron chi connectivity index (χ0n) is 9.40. The molecule has 0 aliphatic heterocycles. The average molecular weight is 244 g/mol. The van der Waals surface area contributed by atoms with Gasteiger partial charge in [0.2, 0.25) is 6.43 Å². The van der Waals surface area contributed by atoms with Crippen molar-refractivity contribution in [2.75, 3.05) is 6.61 Å². The van der Waals surface area contributed by atoms with Crippen molar-refractivity contribution < 1.29 is 23.4 Å². The first-order valence-electron chi connectivity index (χ1n) is 5.26. The van der Waals surface area contributed by atoms with Gasteiger partial charge >= 0.3 is 5.97 Å². The van der Waals surface area contributed by atoms with Crippen molar-refractivity contribution in [3.63, 3.8) is 0 Å². The maximum absolute atomic E-state index is 12.2. The van der Waals surface area contributed by atoms with E-state index in [2.05, 4.69) is 4.74 Å². The Balaban J connectivity index is 2.80. The summed E-state index contributed by atoms with van der Waals surface area (Å²) in [6.45, 7) is 1.78. The molecule has 0 heterocycles. The van der Waals surface area contributed by atoms with Crippen molar-refractivity contribution in [2.45, 2.75) is 25.9 Å². The van der Waals surface area contributed by atoms with Gasteiger partial charge in [0.15, 0.2) is 6.10 Å². The molecule has 1 aromatic rings. The highest BCUT2D eigenvalue weighted by Gasteiger charge is 2.19. The van der Waals surface area contributed by atoms with Gasteiger partial charge in [-0.1, -0.05) is 24.3 Å². The van der Waals surface area contributed by atoms with E-state index in [0.717, 1.165) is 0 Å². The molecule has 0 aromatic heterocycles. The molecule has 1 atom stereocenters. The van der Waals surface area contributed by atoms with E-state index < -0.39 is 24.9 Å². The van der Waals surface area contributed by atoms with Crippen molar-refractivity contribution in [1.82, 2.24) is 0 Å². The summed E-state index contributed by atoms with van der Waals surface area (Å²) in [6, 6.07) is 5.92. The molecule has 17 heavy (non-hydrogen) atoms. The standard InChI is InChI=1S/C12H14F2O3/c1-2-17-12(16)11(15)9-5-3-4-8(6-9)7-10(13)14/h3-6,10-11,15H,2,7H2,1H3. The largest absolute Gasteiger partial charge is 0.464 e. The lowest BCUT2D eigenvalue weighted by Gasteiger charge is -2.11. The van der Waals surface area contributed by atoms with Gasteiger partial charge in [-0.05, 0) is 18.1 Å². The van der Waals surface area contributed by atoms with Gasteiger partial charge < -0.3 is 9.84 Å². The smallest absolute Gasteiger partial charge is 0.339 e. The second-order valence-electron chi connectivity index (χ2n) is 3.49. The van der Waals surface area contributed by atoms with Crippen LogP contribution in [0.25, 0.3) is 0 Å². The number of halogens is 2. The van der Waals surface area contributed by atoms with E-state index in [9.17, 15) is 18.7 Å². The number of alkyl halides is 2. The number of rotatable bonds is 5. The van der Waals surface area contributed by atoms with Gasteiger partial charge in [-0.3, -0.25) is 0 Å². The molecule has 0 spiro atoms. The molecule has 1 rings (SSSR count). The number of aliphatic hydroxyl groups excluding tert-OH is 1. The van der Waals surface area contributed by atoms with Gasteiger partial charge in [0, 0.05) is 6.42 Å². The zero-order valence-corrected chi connectivity index (χ0v) is 9.40. The molecule has 0 saturated heterocycles. The molecule has 0 aliphatic rings. The second-order valence-corrected chi connectivity index (χ2v) is 3.49. The average Bonchev–Trinajstić information content (AvgIpc) is 2.28. The van der Waals surface area contributed by atoms with Crippen LogP contribution in [0.1, 0.15) is 24.2 Å².